The van der Waals surface area contributed by atoms with Crippen molar-refractivity contribution in [1.29, 1.82) is 0 Å². The van der Waals surface area contributed by atoms with Crippen molar-refractivity contribution in [1.82, 2.24) is 5.53 Å². The van der Waals surface area contributed by atoms with Gasteiger partial charge in [-0.1, -0.05) is 12.1 Å². The van der Waals surface area contributed by atoms with Crippen LogP contribution in [0.2, 0.25) is 0 Å². The lowest BCUT2D eigenvalue weighted by atomic mass is 10.3. The first-order chi connectivity index (χ1) is 4.47. The van der Waals surface area contributed by atoms with E-state index in [0.717, 1.165) is 11.4 Å². The summed E-state index contributed by atoms with van der Waals surface area (Å²) in [6.07, 6.45) is 0. The van der Waals surface area contributed by atoms with Crippen molar-refractivity contribution in [2.24, 2.45) is 0 Å². The van der Waals surface area contributed by atoms with Crippen LogP contribution >= 0.6 is 0 Å². The minimum atomic E-state index is 1.04. The Bertz CT molecular complexity index is 198. The van der Waals surface area contributed by atoms with Crippen LogP contribution in [-0.2, 0) is 0 Å². The van der Waals surface area contributed by atoms with E-state index in [4.69, 9.17) is 0 Å². The summed E-state index contributed by atoms with van der Waals surface area (Å²) in [6, 6.07) is 7.88. The number of para-hydroxylation sites is 2. The topological polar surface area (TPSA) is 38.2 Å². The van der Waals surface area contributed by atoms with E-state index in [1.54, 1.807) is 0 Å². The third-order valence-corrected chi connectivity index (χ3v) is 1.28. The maximum atomic E-state index is 3.75. The monoisotopic (exact) mass is 120 g/mol. The summed E-state index contributed by atoms with van der Waals surface area (Å²) >= 11 is 0. The van der Waals surface area contributed by atoms with Crippen molar-refractivity contribution in [3.8, 4) is 0 Å². The fraction of sp³-hybridized carbons (Fsp3) is 0. The van der Waals surface area contributed by atoms with Crippen LogP contribution in [0.5, 0.6) is 0 Å². The van der Waals surface area contributed by atoms with Gasteiger partial charge in [0.15, 0.2) is 0 Å². The molecule has 1 aromatic rings. The van der Waals surface area contributed by atoms with E-state index in [0.29, 0.717) is 0 Å². The highest BCUT2D eigenvalue weighted by Crippen LogP contribution is 2.22. The molecule has 1 aromatic carbocycles. The Kier molecular flexibility index (Phi) is 0.841. The number of fused-ring (bicyclic) bond motifs is 1. The van der Waals surface area contributed by atoms with Gasteiger partial charge in [-0.05, 0) is 17.7 Å². The zero-order chi connectivity index (χ0) is 6.10. The SMILES string of the molecule is c1ccc2c(c1)N[N]N2. The molecule has 0 spiro atoms. The van der Waals surface area contributed by atoms with Crippen molar-refractivity contribution in [2.75, 3.05) is 10.9 Å². The average molecular weight is 120 g/mol. The summed E-state index contributed by atoms with van der Waals surface area (Å²) in [4.78, 5) is 0. The molecule has 0 bridgehead atoms. The molecule has 1 heterocycles. The second-order valence-electron chi connectivity index (χ2n) is 1.88. The summed E-state index contributed by atoms with van der Waals surface area (Å²) in [5, 5.41) is 0. The number of nitrogens with one attached hydrogen (secondary N) is 2. The van der Waals surface area contributed by atoms with E-state index in [-0.39, 0.29) is 0 Å². The Balaban J connectivity index is 2.54. The number of hydrogen-bond donors (Lipinski definition) is 2. The molecule has 3 heteroatoms. The van der Waals surface area contributed by atoms with Gasteiger partial charge in [-0.3, -0.25) is 10.9 Å². The summed E-state index contributed by atoms with van der Waals surface area (Å²) < 4.78 is 0. The maximum Gasteiger partial charge on any atom is 0.0769 e. The van der Waals surface area contributed by atoms with Crippen LogP contribution in [0.4, 0.5) is 11.4 Å². The molecular formula is C6H6N3. The van der Waals surface area contributed by atoms with Gasteiger partial charge in [0, 0.05) is 0 Å². The Morgan fingerprint density at radius 3 is 2.11 bits per heavy atom. The second kappa shape index (κ2) is 1.63. The van der Waals surface area contributed by atoms with E-state index in [2.05, 4.69) is 16.4 Å². The first kappa shape index (κ1) is 4.64. The Labute approximate surface area is 53.0 Å². The Morgan fingerprint density at radius 2 is 1.56 bits per heavy atom. The molecular weight excluding hydrogens is 114 g/mol. The number of rotatable bonds is 0. The largest absolute Gasteiger partial charge is 0.282 e. The van der Waals surface area contributed by atoms with Crippen molar-refractivity contribution in [2.45, 2.75) is 0 Å². The van der Waals surface area contributed by atoms with Gasteiger partial charge in [-0.2, -0.15) is 0 Å². The molecule has 2 rings (SSSR count). The quantitative estimate of drug-likeness (QED) is 0.535. The molecule has 1 aliphatic heterocycles. The zero-order valence-corrected chi connectivity index (χ0v) is 4.76. The lowest BCUT2D eigenvalue weighted by Gasteiger charge is -1.90. The third-order valence-electron chi connectivity index (χ3n) is 1.28. The van der Waals surface area contributed by atoms with Crippen molar-refractivity contribution < 1.29 is 0 Å². The third kappa shape index (κ3) is 0.622. The highest BCUT2D eigenvalue weighted by Gasteiger charge is 2.05. The number of hydrogen-bond acceptors (Lipinski definition) is 2. The number of nitrogens with zero attached hydrogens (tertiary/aromatic N) is 1. The van der Waals surface area contributed by atoms with Gasteiger partial charge < -0.3 is 0 Å². The number of anilines is 2. The van der Waals surface area contributed by atoms with Crippen LogP contribution in [-0.4, -0.2) is 0 Å². The first-order valence-electron chi connectivity index (χ1n) is 2.77. The van der Waals surface area contributed by atoms with Gasteiger partial charge in [0.2, 0.25) is 0 Å². The van der Waals surface area contributed by atoms with Gasteiger partial charge in [0.1, 0.15) is 0 Å². The fourth-order valence-corrected chi connectivity index (χ4v) is 0.827. The molecule has 2 N–H and O–H groups in total. The van der Waals surface area contributed by atoms with Gasteiger partial charge >= 0.3 is 0 Å². The van der Waals surface area contributed by atoms with Crippen molar-refractivity contribution >= 4 is 11.4 Å². The minimum absolute atomic E-state index is 1.04. The van der Waals surface area contributed by atoms with Crippen molar-refractivity contribution in [3.05, 3.63) is 24.3 Å². The average Bonchev–Trinajstić information content (AvgIpc) is 2.33. The van der Waals surface area contributed by atoms with Crippen molar-refractivity contribution in [3.63, 3.8) is 0 Å². The van der Waals surface area contributed by atoms with E-state index < -0.39 is 0 Å². The van der Waals surface area contributed by atoms with E-state index in [9.17, 15) is 0 Å². The van der Waals surface area contributed by atoms with Gasteiger partial charge in [0.05, 0.1) is 11.4 Å². The van der Waals surface area contributed by atoms with Crippen LogP contribution in [0, 0.1) is 0 Å². The highest BCUT2D eigenvalue weighted by atomic mass is 15.6. The van der Waals surface area contributed by atoms with Crippen LogP contribution in [0.3, 0.4) is 0 Å². The smallest absolute Gasteiger partial charge is 0.0769 e. The standard InChI is InChI=1S/C6H6N3/c1-2-4-6-5(3-1)7-9-8-6/h1-4,7-8H. The molecule has 0 amide bonds. The summed E-state index contributed by atoms with van der Waals surface area (Å²) in [6.45, 7) is 0. The van der Waals surface area contributed by atoms with Crippen LogP contribution in [0.1, 0.15) is 0 Å². The molecule has 0 aromatic heterocycles. The second-order valence-corrected chi connectivity index (χ2v) is 1.88. The lowest BCUT2D eigenvalue weighted by Crippen LogP contribution is -2.09. The van der Waals surface area contributed by atoms with Crippen LogP contribution in [0.25, 0.3) is 0 Å². The fourth-order valence-electron chi connectivity index (χ4n) is 0.827. The highest BCUT2D eigenvalue weighted by molar-refractivity contribution is 5.70. The van der Waals surface area contributed by atoms with E-state index in [1.807, 2.05) is 24.3 Å². The summed E-state index contributed by atoms with van der Waals surface area (Å²) in [7, 11) is 0. The summed E-state index contributed by atoms with van der Waals surface area (Å²) in [5.74, 6) is 0. The molecule has 0 unspecified atom stereocenters. The predicted octanol–water partition coefficient (Wildman–Crippen LogP) is 0.958. The number of benzene rings is 1. The molecule has 3 nitrogen and oxygen atoms in total. The van der Waals surface area contributed by atoms with Gasteiger partial charge in [-0.25, -0.2) is 0 Å². The van der Waals surface area contributed by atoms with Crippen LogP contribution in [0.15, 0.2) is 24.3 Å². The minimum Gasteiger partial charge on any atom is -0.282 e. The summed E-state index contributed by atoms with van der Waals surface area (Å²) in [5.41, 5.74) is 11.5. The normalized spacial score (nSPS) is 13.8. The zero-order valence-electron chi connectivity index (χ0n) is 4.76. The Morgan fingerprint density at radius 1 is 1.00 bits per heavy atom. The van der Waals surface area contributed by atoms with Gasteiger partial charge in [-0.15, -0.1) is 0 Å². The van der Waals surface area contributed by atoms with E-state index in [1.165, 1.54) is 0 Å². The molecule has 0 saturated heterocycles. The van der Waals surface area contributed by atoms with Crippen LogP contribution < -0.4 is 16.4 Å². The maximum absolute atomic E-state index is 3.75. The molecule has 1 aliphatic rings. The Hall–Kier alpha value is -1.22. The molecule has 1 radical (unpaired) electrons. The lowest BCUT2D eigenvalue weighted by molar-refractivity contribution is 0.984. The molecule has 0 fully saturated rings. The molecule has 45 valence electrons. The van der Waals surface area contributed by atoms with E-state index >= 15 is 0 Å². The van der Waals surface area contributed by atoms with Gasteiger partial charge in [0.25, 0.3) is 0 Å². The molecule has 0 aliphatic carbocycles. The first-order valence-corrected chi connectivity index (χ1v) is 2.77. The molecule has 0 atom stereocenters. The molecule has 9 heavy (non-hydrogen) atoms. The molecule has 0 saturated carbocycles. The predicted molar refractivity (Wildman–Crippen MR) is 35.8 cm³/mol.